The summed E-state index contributed by atoms with van der Waals surface area (Å²) in [5.74, 6) is -2.67. The van der Waals surface area contributed by atoms with Gasteiger partial charge in [0.1, 0.15) is 16.9 Å². The van der Waals surface area contributed by atoms with Crippen LogP contribution in [0.25, 0.3) is 0 Å². The number of non-ortho nitro benzene ring substituents is 1. The maximum Gasteiger partial charge on any atom is 0.273 e. The van der Waals surface area contributed by atoms with Gasteiger partial charge in [-0.3, -0.25) is 24.5 Å². The number of ether oxygens (including phenoxy) is 1. The van der Waals surface area contributed by atoms with Gasteiger partial charge in [0.2, 0.25) is 5.91 Å². The van der Waals surface area contributed by atoms with Crippen molar-refractivity contribution in [2.45, 2.75) is 36.5 Å². The van der Waals surface area contributed by atoms with Crippen LogP contribution < -0.4 is 4.74 Å². The minimum Gasteiger partial charge on any atom is -0.497 e. The number of ketones is 1. The van der Waals surface area contributed by atoms with E-state index < -0.39 is 48.8 Å². The van der Waals surface area contributed by atoms with Crippen molar-refractivity contribution in [1.29, 1.82) is 0 Å². The van der Waals surface area contributed by atoms with Gasteiger partial charge in [0.05, 0.1) is 16.9 Å². The number of nitrogens with zero attached hydrogens (tertiary/aromatic N) is 2. The van der Waals surface area contributed by atoms with Crippen LogP contribution in [0.5, 0.6) is 5.75 Å². The average molecular weight is 472 g/mol. The van der Waals surface area contributed by atoms with Crippen molar-refractivity contribution < 1.29 is 32.5 Å². The zero-order valence-electron chi connectivity index (χ0n) is 17.6. The fourth-order valence-corrected chi connectivity index (χ4v) is 6.10. The second-order valence-electron chi connectivity index (χ2n) is 8.00. The molecule has 11 heteroatoms. The number of hydrogen-bond acceptors (Lipinski definition) is 8. The summed E-state index contributed by atoms with van der Waals surface area (Å²) in [6.07, 6.45) is 0.284. The van der Waals surface area contributed by atoms with Gasteiger partial charge in [-0.05, 0) is 42.7 Å². The number of imide groups is 1. The molecule has 2 amide bonds. The molecule has 33 heavy (non-hydrogen) atoms. The van der Waals surface area contributed by atoms with Crippen molar-refractivity contribution in [2.75, 3.05) is 7.11 Å². The number of methoxy groups -OCH3 is 1. The summed E-state index contributed by atoms with van der Waals surface area (Å²) in [6.45, 7) is 0. The van der Waals surface area contributed by atoms with E-state index >= 15 is 0 Å². The zero-order chi connectivity index (χ0) is 24.0. The average Bonchev–Trinajstić information content (AvgIpc) is 3.18. The highest BCUT2D eigenvalue weighted by molar-refractivity contribution is 7.90. The number of benzene rings is 2. The lowest BCUT2D eigenvalue weighted by Gasteiger charge is -2.42. The third kappa shape index (κ3) is 3.48. The summed E-state index contributed by atoms with van der Waals surface area (Å²) < 4.78 is 31.8. The third-order valence-corrected chi connectivity index (χ3v) is 8.06. The van der Waals surface area contributed by atoms with Crippen LogP contribution in [0.3, 0.4) is 0 Å². The van der Waals surface area contributed by atoms with Crippen molar-refractivity contribution in [2.24, 2.45) is 5.41 Å². The van der Waals surface area contributed by atoms with Crippen molar-refractivity contribution in [3.63, 3.8) is 0 Å². The number of sulfonamides is 1. The van der Waals surface area contributed by atoms with Crippen LogP contribution in [0.15, 0.2) is 53.4 Å². The highest BCUT2D eigenvalue weighted by atomic mass is 32.2. The summed E-state index contributed by atoms with van der Waals surface area (Å²) in [5, 5.41) is 10.9. The first-order chi connectivity index (χ1) is 15.6. The fraction of sp³-hybridized carbons (Fsp3) is 0.318. The van der Waals surface area contributed by atoms with Gasteiger partial charge in [-0.25, -0.2) is 8.42 Å². The lowest BCUT2D eigenvalue weighted by atomic mass is 9.66. The first kappa shape index (κ1) is 22.6. The summed E-state index contributed by atoms with van der Waals surface area (Å²) in [4.78, 5) is 49.5. The molecule has 1 spiro atoms. The minimum absolute atomic E-state index is 0.109. The van der Waals surface area contributed by atoms with E-state index in [1.165, 1.54) is 7.11 Å². The molecule has 1 saturated heterocycles. The van der Waals surface area contributed by atoms with Crippen LogP contribution in [0.4, 0.5) is 5.69 Å². The summed E-state index contributed by atoms with van der Waals surface area (Å²) in [6, 6.07) is 10.5. The van der Waals surface area contributed by atoms with Crippen molar-refractivity contribution in [3.8, 4) is 5.75 Å². The molecule has 2 aromatic carbocycles. The van der Waals surface area contributed by atoms with E-state index in [0.717, 1.165) is 24.3 Å². The number of hydrogen-bond donors (Lipinski definition) is 0. The summed E-state index contributed by atoms with van der Waals surface area (Å²) >= 11 is 0. The molecule has 0 unspecified atom stereocenters. The van der Waals surface area contributed by atoms with E-state index in [9.17, 15) is 32.9 Å². The van der Waals surface area contributed by atoms with Crippen LogP contribution in [-0.2, 0) is 24.4 Å². The van der Waals surface area contributed by atoms with Gasteiger partial charge < -0.3 is 4.74 Å². The molecule has 4 rings (SSSR count). The molecule has 2 atom stereocenters. The second kappa shape index (κ2) is 8.07. The Morgan fingerprint density at radius 3 is 2.21 bits per heavy atom. The summed E-state index contributed by atoms with van der Waals surface area (Å²) in [5.41, 5.74) is -1.44. The monoisotopic (exact) mass is 472 g/mol. The topological polar surface area (TPSA) is 141 Å². The van der Waals surface area contributed by atoms with Gasteiger partial charge in [-0.1, -0.05) is 12.1 Å². The maximum atomic E-state index is 13.6. The van der Waals surface area contributed by atoms with Gasteiger partial charge in [0.15, 0.2) is 0 Å². The van der Waals surface area contributed by atoms with Gasteiger partial charge in [0, 0.05) is 30.9 Å². The molecular formula is C22H20N2O8S. The molecule has 1 saturated carbocycles. The fourth-order valence-electron chi connectivity index (χ4n) is 4.69. The van der Waals surface area contributed by atoms with Crippen molar-refractivity contribution >= 4 is 33.3 Å². The Hall–Kier alpha value is -3.60. The van der Waals surface area contributed by atoms with E-state index in [4.69, 9.17) is 4.74 Å². The molecule has 1 heterocycles. The first-order valence-corrected chi connectivity index (χ1v) is 11.6. The van der Waals surface area contributed by atoms with Crippen molar-refractivity contribution in [3.05, 3.63) is 64.2 Å². The molecule has 2 aliphatic rings. The highest BCUT2D eigenvalue weighted by Crippen LogP contribution is 2.53. The molecule has 1 aliphatic heterocycles. The molecule has 0 N–H and O–H groups in total. The van der Waals surface area contributed by atoms with Crippen LogP contribution in [0.2, 0.25) is 0 Å². The summed E-state index contributed by atoms with van der Waals surface area (Å²) in [7, 11) is -3.17. The van der Waals surface area contributed by atoms with E-state index in [-0.39, 0.29) is 29.3 Å². The van der Waals surface area contributed by atoms with Gasteiger partial charge in [-0.2, -0.15) is 4.31 Å². The quantitative estimate of drug-likeness (QED) is 0.280. The van der Waals surface area contributed by atoms with E-state index in [1.54, 1.807) is 24.3 Å². The Labute approximate surface area is 189 Å². The molecule has 2 fully saturated rings. The standard InChI is InChI=1S/C22H20N2O8S/c1-32-16-8-4-14(5-9-16)18-13-20(26)23(21(27)22(18)12-2-3-19(22)25)33(30,31)17-10-6-15(7-11-17)24(28)29/h4-11,18H,2-3,12-13H2,1H3/t18-,22-/m0/s1. The van der Waals surface area contributed by atoms with Gasteiger partial charge in [-0.15, -0.1) is 0 Å². The predicted octanol–water partition coefficient (Wildman–Crippen LogP) is 2.57. The number of nitro benzene ring substituents is 1. The smallest absolute Gasteiger partial charge is 0.273 e. The van der Waals surface area contributed by atoms with Crippen LogP contribution in [-0.4, -0.2) is 42.4 Å². The molecule has 0 aromatic heterocycles. The lowest BCUT2D eigenvalue weighted by molar-refractivity contribution is -0.384. The van der Waals surface area contributed by atoms with Gasteiger partial charge >= 0.3 is 0 Å². The Morgan fingerprint density at radius 2 is 1.70 bits per heavy atom. The number of piperidine rings is 1. The third-order valence-electron chi connectivity index (χ3n) is 6.34. The van der Waals surface area contributed by atoms with Crippen LogP contribution in [0.1, 0.15) is 37.2 Å². The normalized spacial score (nSPS) is 23.2. The van der Waals surface area contributed by atoms with Gasteiger partial charge in [0.25, 0.3) is 21.6 Å². The SMILES string of the molecule is COc1ccc([C@@H]2CC(=O)N(S(=O)(=O)c3ccc([N+](=O)[O-])cc3)C(=O)[C@@]23CCCC3=O)cc1. The lowest BCUT2D eigenvalue weighted by Crippen LogP contribution is -2.58. The molecule has 10 nitrogen and oxygen atoms in total. The predicted molar refractivity (Wildman–Crippen MR) is 114 cm³/mol. The Kier molecular flexibility index (Phi) is 5.52. The Balaban J connectivity index is 1.78. The number of carbonyl (C=O) groups is 3. The largest absolute Gasteiger partial charge is 0.497 e. The molecular weight excluding hydrogens is 452 g/mol. The van der Waals surface area contributed by atoms with Crippen molar-refractivity contribution in [1.82, 2.24) is 4.31 Å². The number of rotatable bonds is 5. The molecule has 1 aliphatic carbocycles. The molecule has 172 valence electrons. The van der Waals surface area contributed by atoms with E-state index in [0.29, 0.717) is 17.7 Å². The Bertz CT molecular complexity index is 1250. The van der Waals surface area contributed by atoms with Crippen LogP contribution >= 0.6 is 0 Å². The molecule has 2 aromatic rings. The number of nitro groups is 1. The second-order valence-corrected chi connectivity index (χ2v) is 9.78. The van der Waals surface area contributed by atoms with E-state index in [2.05, 4.69) is 0 Å². The molecule has 0 bridgehead atoms. The molecule has 0 radical (unpaired) electrons. The first-order valence-electron chi connectivity index (χ1n) is 10.2. The van der Waals surface area contributed by atoms with Crippen LogP contribution in [0, 0.1) is 15.5 Å². The highest BCUT2D eigenvalue weighted by Gasteiger charge is 2.62. The maximum absolute atomic E-state index is 13.6. The zero-order valence-corrected chi connectivity index (χ0v) is 18.4. The number of Topliss-reactive ketones (excluding diaryl/α,β-unsaturated/α-hetero) is 1. The minimum atomic E-state index is -4.67. The number of amides is 2. The Morgan fingerprint density at radius 1 is 1.06 bits per heavy atom. The van der Waals surface area contributed by atoms with E-state index in [1.807, 2.05) is 0 Å². The number of carbonyl (C=O) groups excluding carboxylic acids is 3.